The van der Waals surface area contributed by atoms with E-state index in [1.807, 2.05) is 42.5 Å². The molecule has 7 aromatic carbocycles. The minimum Gasteiger partial charge on any atom is -0.0622 e. The zero-order chi connectivity index (χ0) is 31.0. The molecule has 0 unspecified atom stereocenters. The summed E-state index contributed by atoms with van der Waals surface area (Å²) in [6.45, 7) is 0. The van der Waals surface area contributed by atoms with Crippen molar-refractivity contribution in [3.05, 3.63) is 204 Å². The van der Waals surface area contributed by atoms with Crippen LogP contribution in [-0.2, 0) is 0 Å². The second-order valence-corrected chi connectivity index (χ2v) is 11.1. The van der Waals surface area contributed by atoms with Crippen molar-refractivity contribution in [2.75, 3.05) is 0 Å². The summed E-state index contributed by atoms with van der Waals surface area (Å²) in [5, 5.41) is 0. The molecule has 0 atom stereocenters. The number of benzene rings is 7. The van der Waals surface area contributed by atoms with Crippen molar-refractivity contribution in [1.82, 2.24) is 0 Å². The fourth-order valence-corrected chi connectivity index (χ4v) is 5.59. The van der Waals surface area contributed by atoms with Crippen LogP contribution in [-0.4, -0.2) is 0 Å². The van der Waals surface area contributed by atoms with E-state index in [0.717, 1.165) is 44.5 Å². The average Bonchev–Trinajstić information content (AvgIpc) is 3.14. The van der Waals surface area contributed by atoms with Crippen LogP contribution in [0.1, 0.15) is 22.3 Å². The first-order valence-electron chi connectivity index (χ1n) is 15.4. The maximum absolute atomic E-state index is 3.42. The van der Waals surface area contributed by atoms with Gasteiger partial charge in [0, 0.05) is 22.3 Å². The summed E-state index contributed by atoms with van der Waals surface area (Å²) < 4.78 is 0. The summed E-state index contributed by atoms with van der Waals surface area (Å²) in [4.78, 5) is 0. The first-order chi connectivity index (χ1) is 22.8. The van der Waals surface area contributed by atoms with Crippen LogP contribution in [0.25, 0.3) is 44.5 Å². The molecular weight excluding hydrogens is 553 g/mol. The largest absolute Gasteiger partial charge is 0.0622 e. The number of rotatable bonds is 4. The number of hydrogen-bond donors (Lipinski definition) is 0. The zero-order valence-corrected chi connectivity index (χ0v) is 25.3. The molecule has 0 aliphatic rings. The van der Waals surface area contributed by atoms with E-state index in [1.165, 1.54) is 22.3 Å². The Morgan fingerprint density at radius 1 is 0.239 bits per heavy atom. The molecule has 0 nitrogen and oxygen atoms in total. The lowest BCUT2D eigenvalue weighted by molar-refractivity contribution is 1.56. The van der Waals surface area contributed by atoms with Gasteiger partial charge in [-0.25, -0.2) is 0 Å². The van der Waals surface area contributed by atoms with Crippen molar-refractivity contribution in [3.8, 4) is 68.2 Å². The van der Waals surface area contributed by atoms with E-state index < -0.39 is 0 Å². The Balaban J connectivity index is 1.12. The SMILES string of the molecule is C(#Cc1ccccc1-c1ccc(-c2ccccc2)cc1)c1cccc(C#Cc2ccccc2-c2ccc(-c3ccccc3)cc2)c1. The number of hydrogen-bond acceptors (Lipinski definition) is 0. The van der Waals surface area contributed by atoms with Gasteiger partial charge in [0.05, 0.1) is 0 Å². The maximum atomic E-state index is 3.42. The van der Waals surface area contributed by atoms with Gasteiger partial charge in [0.15, 0.2) is 0 Å². The molecule has 0 fully saturated rings. The standard InChI is InChI=1S/C46H30/c1-3-14-37(15-4-1)39-26-30-43(31-27-39)45-20-9-7-18-41(45)24-22-35-12-11-13-36(34-35)23-25-42-19-8-10-21-46(42)44-32-28-40(29-33-44)38-16-5-2-6-17-38/h1-21,26-34H. The molecule has 0 amide bonds. The zero-order valence-electron chi connectivity index (χ0n) is 25.3. The van der Waals surface area contributed by atoms with E-state index >= 15 is 0 Å². The smallest absolute Gasteiger partial charge is 0.0327 e. The van der Waals surface area contributed by atoms with E-state index in [0.29, 0.717) is 0 Å². The van der Waals surface area contributed by atoms with Gasteiger partial charge in [0.2, 0.25) is 0 Å². The van der Waals surface area contributed by atoms with Gasteiger partial charge in [-0.3, -0.25) is 0 Å². The molecule has 46 heavy (non-hydrogen) atoms. The topological polar surface area (TPSA) is 0 Å². The summed E-state index contributed by atoms with van der Waals surface area (Å²) in [7, 11) is 0. The van der Waals surface area contributed by atoms with Crippen molar-refractivity contribution in [1.29, 1.82) is 0 Å². The molecule has 0 aliphatic carbocycles. The van der Waals surface area contributed by atoms with Crippen molar-refractivity contribution in [2.24, 2.45) is 0 Å². The van der Waals surface area contributed by atoms with Gasteiger partial charge < -0.3 is 0 Å². The summed E-state index contributed by atoms with van der Waals surface area (Å²) in [6.07, 6.45) is 0. The monoisotopic (exact) mass is 582 g/mol. The third kappa shape index (κ3) is 6.59. The molecule has 0 radical (unpaired) electrons. The molecule has 0 aromatic heterocycles. The van der Waals surface area contributed by atoms with Crippen molar-refractivity contribution in [3.63, 3.8) is 0 Å². The third-order valence-electron chi connectivity index (χ3n) is 8.01. The van der Waals surface area contributed by atoms with Gasteiger partial charge in [-0.05, 0) is 74.8 Å². The quantitative estimate of drug-likeness (QED) is 0.181. The first kappa shape index (κ1) is 28.4. The van der Waals surface area contributed by atoms with Crippen molar-refractivity contribution < 1.29 is 0 Å². The molecule has 214 valence electrons. The highest BCUT2D eigenvalue weighted by molar-refractivity contribution is 5.76. The lowest BCUT2D eigenvalue weighted by Gasteiger charge is -2.07. The van der Waals surface area contributed by atoms with Crippen LogP contribution in [0.5, 0.6) is 0 Å². The Kier molecular flexibility index (Phi) is 8.36. The van der Waals surface area contributed by atoms with E-state index in [1.54, 1.807) is 0 Å². The van der Waals surface area contributed by atoms with E-state index in [2.05, 4.69) is 163 Å². The molecule has 0 heteroatoms. The highest BCUT2D eigenvalue weighted by Crippen LogP contribution is 2.28. The van der Waals surface area contributed by atoms with Crippen LogP contribution in [0.2, 0.25) is 0 Å². The van der Waals surface area contributed by atoms with Crippen LogP contribution < -0.4 is 0 Å². The second-order valence-electron chi connectivity index (χ2n) is 11.1. The molecule has 7 aromatic rings. The summed E-state index contributed by atoms with van der Waals surface area (Å²) in [5.41, 5.74) is 13.3. The molecule has 0 heterocycles. The molecular formula is C46H30. The second kappa shape index (κ2) is 13.5. The van der Waals surface area contributed by atoms with Gasteiger partial charge in [-0.15, -0.1) is 0 Å². The minimum absolute atomic E-state index is 0.936. The lowest BCUT2D eigenvalue weighted by Crippen LogP contribution is -1.86. The molecule has 0 aliphatic heterocycles. The minimum atomic E-state index is 0.936. The van der Waals surface area contributed by atoms with Crippen LogP contribution in [0.15, 0.2) is 182 Å². The van der Waals surface area contributed by atoms with Gasteiger partial charge in [0.1, 0.15) is 0 Å². The van der Waals surface area contributed by atoms with Crippen LogP contribution >= 0.6 is 0 Å². The van der Waals surface area contributed by atoms with Gasteiger partial charge in [-0.1, -0.05) is 175 Å². The van der Waals surface area contributed by atoms with E-state index in [-0.39, 0.29) is 0 Å². The molecule has 0 spiro atoms. The average molecular weight is 583 g/mol. The molecule has 7 rings (SSSR count). The predicted octanol–water partition coefficient (Wildman–Crippen LogP) is 11.2. The maximum Gasteiger partial charge on any atom is 0.0327 e. The van der Waals surface area contributed by atoms with E-state index in [4.69, 9.17) is 0 Å². The highest BCUT2D eigenvalue weighted by Gasteiger charge is 2.06. The summed E-state index contributed by atoms with van der Waals surface area (Å²) >= 11 is 0. The van der Waals surface area contributed by atoms with Crippen LogP contribution in [0, 0.1) is 23.7 Å². The first-order valence-corrected chi connectivity index (χ1v) is 15.4. The normalized spacial score (nSPS) is 10.3. The Hall–Kier alpha value is -6.34. The third-order valence-corrected chi connectivity index (χ3v) is 8.01. The Labute approximate surface area is 271 Å². The van der Waals surface area contributed by atoms with E-state index in [9.17, 15) is 0 Å². The predicted molar refractivity (Wildman–Crippen MR) is 193 cm³/mol. The lowest BCUT2D eigenvalue weighted by atomic mass is 9.97. The molecule has 0 saturated carbocycles. The summed E-state index contributed by atoms with van der Waals surface area (Å²) in [5.74, 6) is 13.6. The molecule has 0 bridgehead atoms. The summed E-state index contributed by atoms with van der Waals surface area (Å²) in [6, 6.07) is 63.1. The fraction of sp³-hybridized carbons (Fsp3) is 0. The van der Waals surface area contributed by atoms with Crippen molar-refractivity contribution >= 4 is 0 Å². The van der Waals surface area contributed by atoms with Crippen molar-refractivity contribution in [2.45, 2.75) is 0 Å². The fourth-order valence-electron chi connectivity index (χ4n) is 5.59. The highest BCUT2D eigenvalue weighted by atomic mass is 14.1. The molecule has 0 saturated heterocycles. The van der Waals surface area contributed by atoms with Gasteiger partial charge in [-0.2, -0.15) is 0 Å². The van der Waals surface area contributed by atoms with Crippen LogP contribution in [0.4, 0.5) is 0 Å². The molecule has 0 N–H and O–H groups in total. The Morgan fingerprint density at radius 2 is 0.587 bits per heavy atom. The Bertz CT molecular complexity index is 2060. The van der Waals surface area contributed by atoms with Crippen LogP contribution in [0.3, 0.4) is 0 Å². The Morgan fingerprint density at radius 3 is 1.02 bits per heavy atom. The van der Waals surface area contributed by atoms with Gasteiger partial charge >= 0.3 is 0 Å². The van der Waals surface area contributed by atoms with Gasteiger partial charge in [0.25, 0.3) is 0 Å².